The largest absolute Gasteiger partial charge is 0.472 e. The Kier molecular flexibility index (Phi) is 6.72. The van der Waals surface area contributed by atoms with E-state index < -0.39 is 14.6 Å². The zero-order valence-electron chi connectivity index (χ0n) is 13.2. The van der Waals surface area contributed by atoms with E-state index in [0.717, 1.165) is 18.1 Å². The van der Waals surface area contributed by atoms with Crippen LogP contribution in [0.1, 0.15) is 26.3 Å². The summed E-state index contributed by atoms with van der Waals surface area (Å²) in [6.45, 7) is 7.73. The number of aliphatic imine (C=N–C) groups is 1. The topological polar surface area (TPSA) is 74.9 Å². The van der Waals surface area contributed by atoms with E-state index in [0.29, 0.717) is 19.6 Å². The second kappa shape index (κ2) is 7.67. The van der Waals surface area contributed by atoms with Crippen LogP contribution in [-0.2, 0) is 16.4 Å². The van der Waals surface area contributed by atoms with Crippen molar-refractivity contribution in [3.63, 3.8) is 0 Å². The number of hydrogen-bond acceptors (Lipinski definition) is 4. The van der Waals surface area contributed by atoms with E-state index in [1.54, 1.807) is 26.4 Å². The zero-order chi connectivity index (χ0) is 15.5. The highest BCUT2D eigenvalue weighted by Gasteiger charge is 2.40. The second-order valence-electron chi connectivity index (χ2n) is 5.80. The standard InChI is InChI=1S/C14H23N3O3S.HI/c1-4-15-13(16-9-12-5-7-20-10-12)17-6-8-21(18,19)14(2,3)11-17;/h5,7,10H,4,6,8-9,11H2,1-3H3,(H,15,16);1H. The van der Waals surface area contributed by atoms with E-state index in [4.69, 9.17) is 4.42 Å². The Hall–Kier alpha value is -0.770. The summed E-state index contributed by atoms with van der Waals surface area (Å²) >= 11 is 0. The zero-order valence-corrected chi connectivity index (χ0v) is 16.4. The van der Waals surface area contributed by atoms with Gasteiger partial charge in [0, 0.05) is 25.2 Å². The predicted octanol–water partition coefficient (Wildman–Crippen LogP) is 1.87. The molecule has 126 valence electrons. The molecule has 1 saturated heterocycles. The summed E-state index contributed by atoms with van der Waals surface area (Å²) in [5.74, 6) is 0.914. The Morgan fingerprint density at radius 2 is 2.23 bits per heavy atom. The number of guanidine groups is 1. The highest BCUT2D eigenvalue weighted by atomic mass is 127. The first-order chi connectivity index (χ1) is 9.86. The summed E-state index contributed by atoms with van der Waals surface area (Å²) in [6, 6.07) is 1.87. The van der Waals surface area contributed by atoms with Crippen LogP contribution < -0.4 is 5.32 Å². The van der Waals surface area contributed by atoms with Crippen LogP contribution >= 0.6 is 24.0 Å². The van der Waals surface area contributed by atoms with E-state index in [1.807, 2.05) is 17.9 Å². The molecule has 2 rings (SSSR count). The number of nitrogens with one attached hydrogen (secondary N) is 1. The molecule has 0 unspecified atom stereocenters. The van der Waals surface area contributed by atoms with Gasteiger partial charge in [0.05, 0.1) is 29.6 Å². The Morgan fingerprint density at radius 3 is 2.77 bits per heavy atom. The summed E-state index contributed by atoms with van der Waals surface area (Å²) in [5.41, 5.74) is 0.995. The fourth-order valence-corrected chi connectivity index (χ4v) is 3.66. The molecule has 0 spiro atoms. The molecule has 0 amide bonds. The molecule has 1 fully saturated rings. The van der Waals surface area contributed by atoms with Crippen LogP contribution in [0.3, 0.4) is 0 Å². The van der Waals surface area contributed by atoms with Crippen molar-refractivity contribution in [1.29, 1.82) is 0 Å². The molecule has 1 aromatic rings. The molecule has 0 aliphatic carbocycles. The van der Waals surface area contributed by atoms with Crippen molar-refractivity contribution in [2.24, 2.45) is 4.99 Å². The van der Waals surface area contributed by atoms with Gasteiger partial charge in [-0.1, -0.05) is 0 Å². The molecule has 0 bridgehead atoms. The number of rotatable bonds is 3. The van der Waals surface area contributed by atoms with Gasteiger partial charge in [-0.3, -0.25) is 0 Å². The second-order valence-corrected chi connectivity index (χ2v) is 8.54. The summed E-state index contributed by atoms with van der Waals surface area (Å²) in [6.07, 6.45) is 3.28. The molecule has 6 nitrogen and oxygen atoms in total. The molecule has 1 aromatic heterocycles. The fraction of sp³-hybridized carbons (Fsp3) is 0.643. The average molecular weight is 441 g/mol. The van der Waals surface area contributed by atoms with E-state index in [1.165, 1.54) is 0 Å². The van der Waals surface area contributed by atoms with Crippen LogP contribution in [-0.4, -0.2) is 49.4 Å². The molecule has 22 heavy (non-hydrogen) atoms. The van der Waals surface area contributed by atoms with Crippen molar-refractivity contribution < 1.29 is 12.8 Å². The molecule has 0 atom stereocenters. The van der Waals surface area contributed by atoms with Crippen molar-refractivity contribution in [3.05, 3.63) is 24.2 Å². The molecular formula is C14H24IN3O3S. The van der Waals surface area contributed by atoms with Crippen LogP contribution in [0.5, 0.6) is 0 Å². The maximum Gasteiger partial charge on any atom is 0.194 e. The summed E-state index contributed by atoms with van der Waals surface area (Å²) in [7, 11) is -3.04. The molecule has 1 N–H and O–H groups in total. The molecule has 0 saturated carbocycles. The quantitative estimate of drug-likeness (QED) is 0.441. The van der Waals surface area contributed by atoms with Gasteiger partial charge >= 0.3 is 0 Å². The van der Waals surface area contributed by atoms with Gasteiger partial charge in [0.1, 0.15) is 0 Å². The SMILES string of the molecule is CCNC(=NCc1ccoc1)N1CCS(=O)(=O)C(C)(C)C1.I. The average Bonchev–Trinajstić information content (AvgIpc) is 2.91. The first kappa shape index (κ1) is 19.3. The van der Waals surface area contributed by atoms with Gasteiger partial charge in [-0.25, -0.2) is 13.4 Å². The van der Waals surface area contributed by atoms with Gasteiger partial charge in [-0.05, 0) is 26.8 Å². The highest BCUT2D eigenvalue weighted by Crippen LogP contribution is 2.23. The van der Waals surface area contributed by atoms with Crippen molar-refractivity contribution in [2.45, 2.75) is 32.1 Å². The summed E-state index contributed by atoms with van der Waals surface area (Å²) < 4.78 is 28.4. The Morgan fingerprint density at radius 1 is 1.50 bits per heavy atom. The van der Waals surface area contributed by atoms with Crippen molar-refractivity contribution in [2.75, 3.05) is 25.4 Å². The third kappa shape index (κ3) is 4.37. The first-order valence-electron chi connectivity index (χ1n) is 7.12. The number of furan rings is 1. The summed E-state index contributed by atoms with van der Waals surface area (Å²) in [4.78, 5) is 6.59. The minimum absolute atomic E-state index is 0. The van der Waals surface area contributed by atoms with Crippen molar-refractivity contribution in [3.8, 4) is 0 Å². The number of nitrogens with zero attached hydrogens (tertiary/aromatic N) is 2. The minimum atomic E-state index is -3.04. The van der Waals surface area contributed by atoms with Crippen molar-refractivity contribution in [1.82, 2.24) is 10.2 Å². The Labute approximate surface area is 149 Å². The molecule has 2 heterocycles. The third-order valence-electron chi connectivity index (χ3n) is 3.67. The molecule has 0 aromatic carbocycles. The lowest BCUT2D eigenvalue weighted by Crippen LogP contribution is -2.57. The Bertz CT molecular complexity index is 597. The van der Waals surface area contributed by atoms with Gasteiger partial charge < -0.3 is 14.6 Å². The first-order valence-corrected chi connectivity index (χ1v) is 8.77. The van der Waals surface area contributed by atoms with Gasteiger partial charge in [0.2, 0.25) is 0 Å². The predicted molar refractivity (Wildman–Crippen MR) is 98.4 cm³/mol. The number of halogens is 1. The lowest BCUT2D eigenvalue weighted by molar-refractivity contribution is 0.353. The third-order valence-corrected chi connectivity index (χ3v) is 6.20. The minimum Gasteiger partial charge on any atom is -0.472 e. The monoisotopic (exact) mass is 441 g/mol. The molecule has 8 heteroatoms. The van der Waals surface area contributed by atoms with Crippen LogP contribution in [0, 0.1) is 0 Å². The van der Waals surface area contributed by atoms with Gasteiger partial charge in [-0.15, -0.1) is 24.0 Å². The van der Waals surface area contributed by atoms with E-state index in [9.17, 15) is 8.42 Å². The fourth-order valence-electron chi connectivity index (χ4n) is 2.30. The highest BCUT2D eigenvalue weighted by molar-refractivity contribution is 14.0. The van der Waals surface area contributed by atoms with Crippen LogP contribution in [0.2, 0.25) is 0 Å². The van der Waals surface area contributed by atoms with E-state index >= 15 is 0 Å². The number of hydrogen-bond donors (Lipinski definition) is 1. The molecule has 0 radical (unpaired) electrons. The van der Waals surface area contributed by atoms with Gasteiger partial charge in [0.15, 0.2) is 15.8 Å². The van der Waals surface area contributed by atoms with Crippen LogP contribution in [0.25, 0.3) is 0 Å². The summed E-state index contributed by atoms with van der Waals surface area (Å²) in [5, 5.41) is 3.23. The Balaban J connectivity index is 0.00000242. The van der Waals surface area contributed by atoms with Crippen LogP contribution in [0.15, 0.2) is 28.0 Å². The van der Waals surface area contributed by atoms with Gasteiger partial charge in [-0.2, -0.15) is 0 Å². The van der Waals surface area contributed by atoms with Crippen molar-refractivity contribution >= 4 is 39.8 Å². The van der Waals surface area contributed by atoms with E-state index in [2.05, 4.69) is 10.3 Å². The molecule has 1 aliphatic heterocycles. The van der Waals surface area contributed by atoms with E-state index in [-0.39, 0.29) is 29.7 Å². The smallest absolute Gasteiger partial charge is 0.194 e. The lowest BCUT2D eigenvalue weighted by Gasteiger charge is -2.39. The van der Waals surface area contributed by atoms with Crippen LogP contribution in [0.4, 0.5) is 0 Å². The maximum atomic E-state index is 12.1. The molecule has 1 aliphatic rings. The normalized spacial score (nSPS) is 20.3. The van der Waals surface area contributed by atoms with Gasteiger partial charge in [0.25, 0.3) is 0 Å². The molecular weight excluding hydrogens is 417 g/mol. The number of sulfone groups is 1. The maximum absolute atomic E-state index is 12.1. The lowest BCUT2D eigenvalue weighted by atomic mass is 10.2.